The van der Waals surface area contributed by atoms with Crippen molar-refractivity contribution >= 4 is 5.69 Å². The number of nitrogens with zero attached hydrogens (tertiary/aromatic N) is 3. The molecule has 1 aliphatic carbocycles. The fourth-order valence-electron chi connectivity index (χ4n) is 4.11. The van der Waals surface area contributed by atoms with Crippen LogP contribution in [0.15, 0.2) is 51.8 Å². The van der Waals surface area contributed by atoms with Gasteiger partial charge in [0.2, 0.25) is 0 Å². The number of hydrogen-bond donors (Lipinski definition) is 0. The van der Waals surface area contributed by atoms with E-state index in [9.17, 15) is 0 Å². The van der Waals surface area contributed by atoms with Crippen molar-refractivity contribution < 1.29 is 0 Å². The zero-order valence-corrected chi connectivity index (χ0v) is 13.9. The van der Waals surface area contributed by atoms with E-state index in [0.717, 1.165) is 5.69 Å². The lowest BCUT2D eigenvalue weighted by Crippen LogP contribution is -2.64. The molecular formula is C18H25N3. The molecule has 1 aromatic rings. The summed E-state index contributed by atoms with van der Waals surface area (Å²) in [4.78, 5) is 0. The number of hydrogen-bond acceptors (Lipinski definition) is 3. The highest BCUT2D eigenvalue weighted by atomic mass is 15.6. The van der Waals surface area contributed by atoms with E-state index in [1.165, 1.54) is 11.1 Å². The van der Waals surface area contributed by atoms with Crippen LogP contribution in [0.3, 0.4) is 0 Å². The Morgan fingerprint density at radius 1 is 0.952 bits per heavy atom. The summed E-state index contributed by atoms with van der Waals surface area (Å²) in [5.74, 6) is 0.810. The molecule has 21 heavy (non-hydrogen) atoms. The second-order valence-electron chi connectivity index (χ2n) is 6.94. The third-order valence-corrected chi connectivity index (χ3v) is 6.41. The Hall–Kier alpha value is -1.64. The molecule has 0 amide bonds. The Kier molecular flexibility index (Phi) is 3.01. The van der Waals surface area contributed by atoms with Crippen molar-refractivity contribution in [2.75, 3.05) is 5.01 Å². The van der Waals surface area contributed by atoms with Crippen LogP contribution in [0.4, 0.5) is 5.69 Å². The first kappa shape index (κ1) is 14.3. The number of anilines is 1. The van der Waals surface area contributed by atoms with Crippen LogP contribution < -0.4 is 5.01 Å². The maximum Gasteiger partial charge on any atom is 0.113 e. The van der Waals surface area contributed by atoms with Crippen LogP contribution in [0.25, 0.3) is 0 Å². The van der Waals surface area contributed by atoms with Crippen molar-refractivity contribution in [3.8, 4) is 0 Å². The van der Waals surface area contributed by atoms with Gasteiger partial charge in [0.1, 0.15) is 5.54 Å². The molecule has 0 radical (unpaired) electrons. The second-order valence-corrected chi connectivity index (χ2v) is 6.94. The molecule has 3 rings (SSSR count). The molecular weight excluding hydrogens is 258 g/mol. The van der Waals surface area contributed by atoms with E-state index in [1.807, 2.05) is 6.07 Å². The highest BCUT2D eigenvalue weighted by Gasteiger charge is 2.62. The van der Waals surface area contributed by atoms with Crippen molar-refractivity contribution in [3.63, 3.8) is 0 Å². The monoisotopic (exact) mass is 283 g/mol. The highest BCUT2D eigenvalue weighted by molar-refractivity contribution is 5.53. The third-order valence-electron chi connectivity index (χ3n) is 6.41. The first-order valence-corrected chi connectivity index (χ1v) is 7.79. The SMILES string of the molecule is CC1=C(C)[C@H](C)[C@]2(C)N(c3ccccc3)N=N[C@@]2(C)[C@H]1C. The van der Waals surface area contributed by atoms with Crippen molar-refractivity contribution in [1.29, 1.82) is 0 Å². The first-order valence-electron chi connectivity index (χ1n) is 7.79. The molecule has 1 aromatic carbocycles. The number of fused-ring (bicyclic) bond motifs is 1. The largest absolute Gasteiger partial charge is 0.238 e. The standard InChI is InChI=1S/C18H25N3/c1-12-13(2)15(4)18(6)17(5,14(12)3)19-20-21(18)16-10-8-7-9-11-16/h7-11,14-15H,1-6H3/t14-,15-,17-,18-/m0/s1. The normalized spacial score (nSPS) is 38.9. The molecule has 3 heteroatoms. The molecule has 0 spiro atoms. The smallest absolute Gasteiger partial charge is 0.113 e. The molecule has 2 aliphatic rings. The van der Waals surface area contributed by atoms with E-state index in [4.69, 9.17) is 5.11 Å². The van der Waals surface area contributed by atoms with E-state index in [0.29, 0.717) is 11.8 Å². The van der Waals surface area contributed by atoms with E-state index in [-0.39, 0.29) is 11.1 Å². The molecule has 0 unspecified atom stereocenters. The maximum absolute atomic E-state index is 4.75. The highest BCUT2D eigenvalue weighted by Crippen LogP contribution is 2.56. The molecule has 0 saturated carbocycles. The van der Waals surface area contributed by atoms with E-state index in [1.54, 1.807) is 0 Å². The lowest BCUT2D eigenvalue weighted by Gasteiger charge is -2.53. The van der Waals surface area contributed by atoms with Gasteiger partial charge in [-0.25, -0.2) is 5.01 Å². The van der Waals surface area contributed by atoms with Crippen molar-refractivity contribution in [2.24, 2.45) is 22.2 Å². The van der Waals surface area contributed by atoms with Gasteiger partial charge in [0.05, 0.1) is 11.2 Å². The Morgan fingerprint density at radius 2 is 1.52 bits per heavy atom. The molecule has 0 saturated heterocycles. The molecule has 0 aromatic heterocycles. The summed E-state index contributed by atoms with van der Waals surface area (Å²) in [5, 5.41) is 11.5. The van der Waals surface area contributed by atoms with E-state index >= 15 is 0 Å². The van der Waals surface area contributed by atoms with Gasteiger partial charge in [-0.15, -0.1) is 0 Å². The van der Waals surface area contributed by atoms with Gasteiger partial charge in [0.15, 0.2) is 0 Å². The van der Waals surface area contributed by atoms with Crippen LogP contribution in [0.2, 0.25) is 0 Å². The Labute approximate surface area is 127 Å². The Balaban J connectivity index is 2.17. The summed E-state index contributed by atoms with van der Waals surface area (Å²) in [5.41, 5.74) is 3.76. The van der Waals surface area contributed by atoms with Crippen LogP contribution >= 0.6 is 0 Å². The van der Waals surface area contributed by atoms with Crippen molar-refractivity contribution in [1.82, 2.24) is 0 Å². The molecule has 3 nitrogen and oxygen atoms in total. The van der Waals surface area contributed by atoms with Gasteiger partial charge in [-0.05, 0) is 39.8 Å². The zero-order valence-electron chi connectivity index (χ0n) is 13.9. The second kappa shape index (κ2) is 4.43. The fourth-order valence-corrected chi connectivity index (χ4v) is 4.11. The summed E-state index contributed by atoms with van der Waals surface area (Å²) in [7, 11) is 0. The zero-order chi connectivity index (χ0) is 15.4. The minimum atomic E-state index is -0.189. The number of rotatable bonds is 1. The molecule has 112 valence electrons. The summed E-state index contributed by atoms with van der Waals surface area (Å²) in [6, 6.07) is 10.4. The Bertz CT molecular complexity index is 619. The van der Waals surface area contributed by atoms with Crippen LogP contribution in [0.1, 0.15) is 41.5 Å². The molecule has 1 heterocycles. The van der Waals surface area contributed by atoms with Gasteiger partial charge in [-0.1, -0.05) is 48.4 Å². The van der Waals surface area contributed by atoms with E-state index < -0.39 is 0 Å². The molecule has 4 atom stereocenters. The van der Waals surface area contributed by atoms with Gasteiger partial charge in [0, 0.05) is 11.8 Å². The van der Waals surface area contributed by atoms with Gasteiger partial charge < -0.3 is 0 Å². The maximum atomic E-state index is 4.75. The summed E-state index contributed by atoms with van der Waals surface area (Å²) >= 11 is 0. The number of para-hydroxylation sites is 1. The van der Waals surface area contributed by atoms with Gasteiger partial charge in [-0.2, -0.15) is 5.11 Å². The number of benzene rings is 1. The predicted octanol–water partition coefficient (Wildman–Crippen LogP) is 5.01. The minimum Gasteiger partial charge on any atom is -0.238 e. The lowest BCUT2D eigenvalue weighted by molar-refractivity contribution is 0.158. The van der Waals surface area contributed by atoms with Crippen LogP contribution in [-0.2, 0) is 0 Å². The van der Waals surface area contributed by atoms with Gasteiger partial charge in [0.25, 0.3) is 0 Å². The molecule has 0 N–H and O–H groups in total. The van der Waals surface area contributed by atoms with Gasteiger partial charge >= 0.3 is 0 Å². The van der Waals surface area contributed by atoms with Crippen LogP contribution in [0.5, 0.6) is 0 Å². The third kappa shape index (κ3) is 1.60. The average molecular weight is 283 g/mol. The summed E-state index contributed by atoms with van der Waals surface area (Å²) < 4.78 is 0. The summed E-state index contributed by atoms with van der Waals surface area (Å²) in [6.45, 7) is 13.7. The van der Waals surface area contributed by atoms with Crippen LogP contribution in [-0.4, -0.2) is 11.1 Å². The van der Waals surface area contributed by atoms with Crippen molar-refractivity contribution in [2.45, 2.75) is 52.6 Å². The molecule has 0 fully saturated rings. The molecule has 0 bridgehead atoms. The minimum absolute atomic E-state index is 0.128. The van der Waals surface area contributed by atoms with Crippen molar-refractivity contribution in [3.05, 3.63) is 41.5 Å². The van der Waals surface area contributed by atoms with Crippen LogP contribution in [0, 0.1) is 11.8 Å². The lowest BCUT2D eigenvalue weighted by atomic mass is 9.57. The predicted molar refractivity (Wildman–Crippen MR) is 87.3 cm³/mol. The molecule has 1 aliphatic heterocycles. The first-order chi connectivity index (χ1) is 9.84. The van der Waals surface area contributed by atoms with E-state index in [2.05, 4.69) is 76.0 Å². The fraction of sp³-hybridized carbons (Fsp3) is 0.556. The average Bonchev–Trinajstić information content (AvgIpc) is 2.78. The summed E-state index contributed by atoms with van der Waals surface area (Å²) in [6.07, 6.45) is 0. The Morgan fingerprint density at radius 3 is 2.14 bits per heavy atom. The van der Waals surface area contributed by atoms with Gasteiger partial charge in [-0.3, -0.25) is 0 Å². The quantitative estimate of drug-likeness (QED) is 0.665. The topological polar surface area (TPSA) is 28.0 Å².